The summed E-state index contributed by atoms with van der Waals surface area (Å²) < 4.78 is 11.0. The molecule has 0 aromatic heterocycles. The molecule has 1 aliphatic rings. The van der Waals surface area contributed by atoms with Crippen molar-refractivity contribution in [1.82, 2.24) is 0 Å². The number of anilines is 2. The number of para-hydroxylation sites is 2. The van der Waals surface area contributed by atoms with Gasteiger partial charge in [-0.1, -0.05) is 30.7 Å². The van der Waals surface area contributed by atoms with Crippen molar-refractivity contribution in [2.24, 2.45) is 0 Å². The molecule has 144 valence electrons. The Morgan fingerprint density at radius 1 is 1.22 bits per heavy atom. The Morgan fingerprint density at radius 2 is 1.96 bits per heavy atom. The summed E-state index contributed by atoms with van der Waals surface area (Å²) in [5, 5.41) is 3.37. The second kappa shape index (κ2) is 9.00. The molecule has 0 aliphatic carbocycles. The molecule has 1 aliphatic heterocycles. The maximum atomic E-state index is 12.8. The van der Waals surface area contributed by atoms with Gasteiger partial charge in [0.1, 0.15) is 0 Å². The maximum absolute atomic E-state index is 12.8. The van der Waals surface area contributed by atoms with Crippen molar-refractivity contribution in [3.8, 4) is 11.5 Å². The summed E-state index contributed by atoms with van der Waals surface area (Å²) in [5.74, 6) is 0.688. The lowest BCUT2D eigenvalue weighted by molar-refractivity contribution is 0.102. The van der Waals surface area contributed by atoms with Gasteiger partial charge in [-0.2, -0.15) is 0 Å². The summed E-state index contributed by atoms with van der Waals surface area (Å²) in [6, 6.07) is 11.1. The summed E-state index contributed by atoms with van der Waals surface area (Å²) in [4.78, 5) is 15.1. The quantitative estimate of drug-likeness (QED) is 0.725. The third kappa shape index (κ3) is 4.48. The number of methoxy groups -OCH3 is 1. The number of ether oxygens (including phenoxy) is 2. The molecule has 0 radical (unpaired) electrons. The molecule has 0 bridgehead atoms. The number of carbonyl (C=O) groups is 1. The van der Waals surface area contributed by atoms with E-state index < -0.39 is 0 Å². The minimum Gasteiger partial charge on any atom is -0.493 e. The fourth-order valence-electron chi connectivity index (χ4n) is 3.20. The molecule has 2 aromatic rings. The van der Waals surface area contributed by atoms with E-state index in [1.54, 1.807) is 12.1 Å². The first kappa shape index (κ1) is 19.4. The zero-order valence-corrected chi connectivity index (χ0v) is 16.5. The Balaban J connectivity index is 1.84. The molecular weight excluding hydrogens is 364 g/mol. The first-order valence-electron chi connectivity index (χ1n) is 9.29. The monoisotopic (exact) mass is 388 g/mol. The average Bonchev–Trinajstić information content (AvgIpc) is 3.21. The standard InChI is InChI=1S/C21H25ClN2O3/c1-3-12-27-20-16(22)13-15(14-19(20)26-2)21(25)23-17-8-4-5-9-18(17)24-10-6-7-11-24/h4-5,8-9,13-14H,3,6-7,10-12H2,1-2H3,(H,23,25). The summed E-state index contributed by atoms with van der Waals surface area (Å²) in [7, 11) is 1.54. The van der Waals surface area contributed by atoms with Crippen LogP contribution in [0.25, 0.3) is 0 Å². The number of hydrogen-bond donors (Lipinski definition) is 1. The van der Waals surface area contributed by atoms with Crippen molar-refractivity contribution in [3.63, 3.8) is 0 Å². The molecule has 1 N–H and O–H groups in total. The highest BCUT2D eigenvalue weighted by Gasteiger charge is 2.19. The van der Waals surface area contributed by atoms with E-state index in [0.717, 1.165) is 30.9 Å². The van der Waals surface area contributed by atoms with Gasteiger partial charge in [-0.05, 0) is 43.5 Å². The molecule has 1 fully saturated rings. The van der Waals surface area contributed by atoms with Crippen LogP contribution >= 0.6 is 11.6 Å². The number of nitrogens with zero attached hydrogens (tertiary/aromatic N) is 1. The Morgan fingerprint density at radius 3 is 2.67 bits per heavy atom. The van der Waals surface area contributed by atoms with Crippen LogP contribution < -0.4 is 19.7 Å². The molecular formula is C21H25ClN2O3. The van der Waals surface area contributed by atoms with Gasteiger partial charge in [-0.3, -0.25) is 4.79 Å². The van der Waals surface area contributed by atoms with Gasteiger partial charge in [0.25, 0.3) is 5.91 Å². The number of benzene rings is 2. The largest absolute Gasteiger partial charge is 0.493 e. The van der Waals surface area contributed by atoms with Crippen molar-refractivity contribution in [2.45, 2.75) is 26.2 Å². The third-order valence-corrected chi connectivity index (χ3v) is 4.82. The molecule has 0 saturated carbocycles. The lowest BCUT2D eigenvalue weighted by Crippen LogP contribution is -2.21. The normalized spacial score (nSPS) is 13.5. The van der Waals surface area contributed by atoms with Crippen molar-refractivity contribution in [2.75, 3.05) is 37.0 Å². The Labute approximate surface area is 165 Å². The Bertz CT molecular complexity index is 804. The van der Waals surface area contributed by atoms with E-state index >= 15 is 0 Å². The number of rotatable bonds is 7. The number of amides is 1. The smallest absolute Gasteiger partial charge is 0.255 e. The summed E-state index contributed by atoms with van der Waals surface area (Å²) in [6.07, 6.45) is 3.21. The highest BCUT2D eigenvalue weighted by atomic mass is 35.5. The number of hydrogen-bond acceptors (Lipinski definition) is 4. The third-order valence-electron chi connectivity index (χ3n) is 4.54. The second-order valence-electron chi connectivity index (χ2n) is 6.50. The van der Waals surface area contributed by atoms with E-state index in [4.69, 9.17) is 21.1 Å². The Hall–Kier alpha value is -2.40. The van der Waals surface area contributed by atoms with Gasteiger partial charge in [0.2, 0.25) is 0 Å². The van der Waals surface area contributed by atoms with E-state index in [1.165, 1.54) is 20.0 Å². The van der Waals surface area contributed by atoms with Gasteiger partial charge in [0, 0.05) is 18.7 Å². The summed E-state index contributed by atoms with van der Waals surface area (Å²) in [6.45, 7) is 4.57. The van der Waals surface area contributed by atoms with E-state index in [1.807, 2.05) is 31.2 Å². The van der Waals surface area contributed by atoms with Crippen LogP contribution in [0, 0.1) is 0 Å². The van der Waals surface area contributed by atoms with Crippen molar-refractivity contribution < 1.29 is 14.3 Å². The number of halogens is 1. The van der Waals surface area contributed by atoms with Gasteiger partial charge in [0.05, 0.1) is 30.1 Å². The van der Waals surface area contributed by atoms with Crippen LogP contribution in [0.1, 0.15) is 36.5 Å². The lowest BCUT2D eigenvalue weighted by atomic mass is 10.1. The fraction of sp³-hybridized carbons (Fsp3) is 0.381. The Kier molecular flexibility index (Phi) is 6.45. The summed E-state index contributed by atoms with van der Waals surface area (Å²) in [5.41, 5.74) is 2.27. The molecule has 0 atom stereocenters. The molecule has 1 heterocycles. The SMILES string of the molecule is CCCOc1c(Cl)cc(C(=O)Nc2ccccc2N2CCCC2)cc1OC. The predicted molar refractivity (Wildman–Crippen MR) is 110 cm³/mol. The predicted octanol–water partition coefficient (Wildman–Crippen LogP) is 4.99. The number of nitrogens with one attached hydrogen (secondary N) is 1. The topological polar surface area (TPSA) is 50.8 Å². The van der Waals surface area contributed by atoms with Gasteiger partial charge in [-0.25, -0.2) is 0 Å². The highest BCUT2D eigenvalue weighted by Crippen LogP contribution is 2.37. The minimum atomic E-state index is -0.233. The maximum Gasteiger partial charge on any atom is 0.255 e. The van der Waals surface area contributed by atoms with Gasteiger partial charge < -0.3 is 19.7 Å². The molecule has 3 rings (SSSR count). The van der Waals surface area contributed by atoms with Crippen LogP contribution in [-0.4, -0.2) is 32.7 Å². The highest BCUT2D eigenvalue weighted by molar-refractivity contribution is 6.32. The van der Waals surface area contributed by atoms with Gasteiger partial charge in [-0.15, -0.1) is 0 Å². The molecule has 0 spiro atoms. The van der Waals surface area contributed by atoms with Crippen molar-refractivity contribution in [3.05, 3.63) is 47.0 Å². The molecule has 0 unspecified atom stereocenters. The van der Waals surface area contributed by atoms with Crippen LogP contribution in [-0.2, 0) is 0 Å². The average molecular weight is 389 g/mol. The van der Waals surface area contributed by atoms with E-state index in [9.17, 15) is 4.79 Å². The first-order valence-corrected chi connectivity index (χ1v) is 9.67. The van der Waals surface area contributed by atoms with E-state index in [-0.39, 0.29) is 5.91 Å². The first-order chi connectivity index (χ1) is 13.1. The fourth-order valence-corrected chi connectivity index (χ4v) is 3.47. The molecule has 2 aromatic carbocycles. The van der Waals surface area contributed by atoms with Crippen LogP contribution in [0.5, 0.6) is 11.5 Å². The van der Waals surface area contributed by atoms with Crippen molar-refractivity contribution in [1.29, 1.82) is 0 Å². The zero-order valence-electron chi connectivity index (χ0n) is 15.8. The number of carbonyl (C=O) groups excluding carboxylic acids is 1. The van der Waals surface area contributed by atoms with Crippen LogP contribution in [0.3, 0.4) is 0 Å². The van der Waals surface area contributed by atoms with Crippen LogP contribution in [0.2, 0.25) is 5.02 Å². The van der Waals surface area contributed by atoms with Crippen LogP contribution in [0.15, 0.2) is 36.4 Å². The van der Waals surface area contributed by atoms with Gasteiger partial charge >= 0.3 is 0 Å². The zero-order chi connectivity index (χ0) is 19.2. The lowest BCUT2D eigenvalue weighted by Gasteiger charge is -2.21. The molecule has 1 amide bonds. The van der Waals surface area contributed by atoms with E-state index in [0.29, 0.717) is 28.7 Å². The van der Waals surface area contributed by atoms with Crippen LogP contribution in [0.4, 0.5) is 11.4 Å². The second-order valence-corrected chi connectivity index (χ2v) is 6.91. The van der Waals surface area contributed by atoms with E-state index in [2.05, 4.69) is 10.2 Å². The molecule has 1 saturated heterocycles. The molecule has 6 heteroatoms. The molecule has 5 nitrogen and oxygen atoms in total. The van der Waals surface area contributed by atoms with Gasteiger partial charge in [0.15, 0.2) is 11.5 Å². The minimum absolute atomic E-state index is 0.233. The van der Waals surface area contributed by atoms with Crippen molar-refractivity contribution >= 4 is 28.9 Å². The summed E-state index contributed by atoms with van der Waals surface area (Å²) >= 11 is 6.34. The molecule has 27 heavy (non-hydrogen) atoms.